The van der Waals surface area contributed by atoms with Crippen molar-refractivity contribution in [2.45, 2.75) is 16.7 Å². The Bertz CT molecular complexity index is 823. The number of nitrogens with zero attached hydrogens (tertiary/aromatic N) is 1. The summed E-state index contributed by atoms with van der Waals surface area (Å²) in [6.07, 6.45) is 0. The van der Waals surface area contributed by atoms with E-state index in [0.29, 0.717) is 12.5 Å². The van der Waals surface area contributed by atoms with Crippen molar-refractivity contribution >= 4 is 27.7 Å². The van der Waals surface area contributed by atoms with Gasteiger partial charge in [-0.15, -0.1) is 11.8 Å². The fraction of sp³-hybridized carbons (Fsp3) is 0.316. The van der Waals surface area contributed by atoms with Crippen molar-refractivity contribution in [2.75, 3.05) is 32.4 Å². The highest BCUT2D eigenvalue weighted by Gasteiger charge is 2.12. The zero-order valence-corrected chi connectivity index (χ0v) is 17.2. The van der Waals surface area contributed by atoms with E-state index < -0.39 is 10.0 Å². The number of benzene rings is 2. The average Bonchev–Trinajstić information content (AvgIpc) is 2.68. The van der Waals surface area contributed by atoms with Crippen molar-refractivity contribution in [3.05, 3.63) is 60.2 Å². The second-order valence-corrected chi connectivity index (χ2v) is 8.73. The van der Waals surface area contributed by atoms with E-state index in [4.69, 9.17) is 0 Å². The number of hydrogen-bond acceptors (Lipinski definition) is 4. The Hall–Kier alpha value is -2.03. The van der Waals surface area contributed by atoms with Crippen LogP contribution in [0.4, 0.5) is 0 Å². The normalized spacial score (nSPS) is 12.0. The summed E-state index contributed by atoms with van der Waals surface area (Å²) in [5.74, 6) is 1.56. The molecule has 0 aliphatic carbocycles. The summed E-state index contributed by atoms with van der Waals surface area (Å²) in [6.45, 7) is 3.39. The van der Waals surface area contributed by atoms with Gasteiger partial charge in [0.25, 0.3) is 0 Å². The molecule has 0 aliphatic rings. The van der Waals surface area contributed by atoms with Gasteiger partial charge in [0.2, 0.25) is 10.0 Å². The summed E-state index contributed by atoms with van der Waals surface area (Å²) in [5.41, 5.74) is 1.02. The summed E-state index contributed by atoms with van der Waals surface area (Å²) >= 11 is 1.77. The maximum atomic E-state index is 12.2. The zero-order chi connectivity index (χ0) is 19.5. The summed E-state index contributed by atoms with van der Waals surface area (Å²) in [5, 5.41) is 6.32. The van der Waals surface area contributed by atoms with Gasteiger partial charge in [0, 0.05) is 37.3 Å². The van der Waals surface area contributed by atoms with E-state index >= 15 is 0 Å². The molecule has 146 valence electrons. The predicted octanol–water partition coefficient (Wildman–Crippen LogP) is 2.23. The number of aryl methyl sites for hydroxylation is 1. The number of sulfonamides is 1. The molecule has 0 saturated carbocycles. The highest BCUT2D eigenvalue weighted by Crippen LogP contribution is 2.15. The largest absolute Gasteiger partial charge is 0.356 e. The van der Waals surface area contributed by atoms with Gasteiger partial charge in [-0.1, -0.05) is 35.9 Å². The van der Waals surface area contributed by atoms with E-state index in [0.717, 1.165) is 17.9 Å². The molecular weight excluding hydrogens is 380 g/mol. The molecule has 0 aliphatic heterocycles. The van der Waals surface area contributed by atoms with Crippen LogP contribution in [-0.4, -0.2) is 46.8 Å². The van der Waals surface area contributed by atoms with Crippen molar-refractivity contribution < 1.29 is 8.42 Å². The number of guanidine groups is 1. The van der Waals surface area contributed by atoms with E-state index in [2.05, 4.69) is 32.5 Å². The summed E-state index contributed by atoms with van der Waals surface area (Å²) < 4.78 is 27.0. The Morgan fingerprint density at radius 2 is 1.63 bits per heavy atom. The maximum absolute atomic E-state index is 12.2. The minimum Gasteiger partial charge on any atom is -0.356 e. The monoisotopic (exact) mass is 406 g/mol. The van der Waals surface area contributed by atoms with Crippen LogP contribution in [-0.2, 0) is 10.0 Å². The minimum absolute atomic E-state index is 0.272. The predicted molar refractivity (Wildman–Crippen MR) is 113 cm³/mol. The Morgan fingerprint density at radius 1 is 0.963 bits per heavy atom. The first-order valence-corrected chi connectivity index (χ1v) is 11.2. The van der Waals surface area contributed by atoms with Crippen LogP contribution < -0.4 is 15.4 Å². The summed E-state index contributed by atoms with van der Waals surface area (Å²) in [4.78, 5) is 5.64. The van der Waals surface area contributed by atoms with Crippen molar-refractivity contribution in [3.63, 3.8) is 0 Å². The Morgan fingerprint density at radius 3 is 2.30 bits per heavy atom. The summed E-state index contributed by atoms with van der Waals surface area (Å²) in [7, 11) is -1.80. The van der Waals surface area contributed by atoms with Crippen molar-refractivity contribution in [3.8, 4) is 0 Å². The van der Waals surface area contributed by atoms with Crippen LogP contribution in [0.25, 0.3) is 0 Å². The maximum Gasteiger partial charge on any atom is 0.240 e. The first-order chi connectivity index (χ1) is 13.0. The molecule has 0 saturated heterocycles. The first kappa shape index (κ1) is 21.3. The molecule has 6 nitrogen and oxygen atoms in total. The molecule has 27 heavy (non-hydrogen) atoms. The quantitative estimate of drug-likeness (QED) is 0.257. The van der Waals surface area contributed by atoms with Crippen LogP contribution in [0.1, 0.15) is 5.56 Å². The highest BCUT2D eigenvalue weighted by atomic mass is 32.2. The van der Waals surface area contributed by atoms with E-state index in [9.17, 15) is 8.42 Å². The standard InChI is InChI=1S/C19H26N4O2S2/c1-16-8-10-18(11-9-16)27(24,25)23-13-12-21-19(20-2)22-14-15-26-17-6-4-3-5-7-17/h3-11,23H,12-15H2,1-2H3,(H2,20,21,22). The fourth-order valence-electron chi connectivity index (χ4n) is 2.24. The SMILES string of the molecule is CN=C(NCCNS(=O)(=O)c1ccc(C)cc1)NCCSc1ccccc1. The Balaban J connectivity index is 1.66. The number of hydrogen-bond donors (Lipinski definition) is 3. The molecule has 0 atom stereocenters. The minimum atomic E-state index is -3.49. The summed E-state index contributed by atoms with van der Waals surface area (Å²) in [6, 6.07) is 17.0. The van der Waals surface area contributed by atoms with Gasteiger partial charge in [-0.25, -0.2) is 13.1 Å². The molecule has 3 N–H and O–H groups in total. The van der Waals surface area contributed by atoms with Gasteiger partial charge in [0.1, 0.15) is 0 Å². The molecule has 2 rings (SSSR count). The van der Waals surface area contributed by atoms with Gasteiger partial charge in [0.05, 0.1) is 4.90 Å². The third kappa shape index (κ3) is 7.62. The van der Waals surface area contributed by atoms with Gasteiger partial charge in [-0.2, -0.15) is 0 Å². The van der Waals surface area contributed by atoms with Crippen molar-refractivity contribution in [1.29, 1.82) is 0 Å². The molecule has 2 aromatic carbocycles. The zero-order valence-electron chi connectivity index (χ0n) is 15.6. The molecule has 8 heteroatoms. The molecule has 0 amide bonds. The molecule has 0 radical (unpaired) electrons. The smallest absolute Gasteiger partial charge is 0.240 e. The van der Waals surface area contributed by atoms with E-state index in [1.165, 1.54) is 4.90 Å². The number of rotatable bonds is 9. The van der Waals surface area contributed by atoms with E-state index in [1.807, 2.05) is 25.1 Å². The topological polar surface area (TPSA) is 82.6 Å². The van der Waals surface area contributed by atoms with E-state index in [-0.39, 0.29) is 11.4 Å². The Labute approximate surface area is 165 Å². The van der Waals surface area contributed by atoms with Crippen molar-refractivity contribution in [2.24, 2.45) is 4.99 Å². The molecule has 2 aromatic rings. The molecule has 0 heterocycles. The van der Waals surface area contributed by atoms with E-state index in [1.54, 1.807) is 43.1 Å². The highest BCUT2D eigenvalue weighted by molar-refractivity contribution is 7.99. The lowest BCUT2D eigenvalue weighted by Gasteiger charge is -2.12. The second-order valence-electron chi connectivity index (χ2n) is 5.80. The number of nitrogens with one attached hydrogen (secondary N) is 3. The van der Waals surface area contributed by atoms with Crippen LogP contribution in [0.3, 0.4) is 0 Å². The van der Waals surface area contributed by atoms with Crippen LogP contribution in [0, 0.1) is 6.92 Å². The van der Waals surface area contributed by atoms with Gasteiger partial charge in [-0.3, -0.25) is 4.99 Å². The van der Waals surface area contributed by atoms with Crippen LogP contribution in [0.5, 0.6) is 0 Å². The van der Waals surface area contributed by atoms with Crippen LogP contribution in [0.2, 0.25) is 0 Å². The third-order valence-electron chi connectivity index (χ3n) is 3.67. The third-order valence-corrected chi connectivity index (χ3v) is 6.16. The van der Waals surface area contributed by atoms with Gasteiger partial charge in [0.15, 0.2) is 5.96 Å². The van der Waals surface area contributed by atoms with Crippen LogP contribution in [0.15, 0.2) is 69.4 Å². The van der Waals surface area contributed by atoms with Gasteiger partial charge in [-0.05, 0) is 31.2 Å². The Kier molecular flexibility index (Phi) is 8.63. The average molecular weight is 407 g/mol. The lowest BCUT2D eigenvalue weighted by molar-refractivity contribution is 0.580. The molecule has 0 aromatic heterocycles. The lowest BCUT2D eigenvalue weighted by atomic mass is 10.2. The fourth-order valence-corrected chi connectivity index (χ4v) is 4.06. The van der Waals surface area contributed by atoms with Crippen molar-refractivity contribution in [1.82, 2.24) is 15.4 Å². The van der Waals surface area contributed by atoms with Crippen LogP contribution >= 0.6 is 11.8 Å². The molecular formula is C19H26N4O2S2. The second kappa shape index (κ2) is 11.0. The number of thioether (sulfide) groups is 1. The number of aliphatic imine (C=N–C) groups is 1. The van der Waals surface area contributed by atoms with Gasteiger partial charge >= 0.3 is 0 Å². The molecule has 0 fully saturated rings. The van der Waals surface area contributed by atoms with Gasteiger partial charge < -0.3 is 10.6 Å². The molecule has 0 spiro atoms. The first-order valence-electron chi connectivity index (χ1n) is 8.70. The molecule has 0 bridgehead atoms. The molecule has 0 unspecified atom stereocenters. The lowest BCUT2D eigenvalue weighted by Crippen LogP contribution is -2.42.